The largest absolute Gasteiger partial charge is 0.364 e. The number of thiophene rings is 1. The predicted octanol–water partition coefficient (Wildman–Crippen LogP) is 0.177. The molecule has 3 atom stereocenters. The maximum Gasteiger partial charge on any atom is 0.269 e. The van der Waals surface area contributed by atoms with Crippen molar-refractivity contribution < 1.29 is 9.64 Å². The van der Waals surface area contributed by atoms with Crippen molar-refractivity contribution >= 4 is 21.6 Å². The monoisotopic (exact) mass is 280 g/mol. The number of ether oxygens (including phenoxy) is 1. The quantitative estimate of drug-likeness (QED) is 0.825. The second-order valence-corrected chi connectivity index (χ2v) is 6.16. The highest BCUT2D eigenvalue weighted by molar-refractivity contribution is 7.17. The normalized spacial score (nSPS) is 27.8. The third-order valence-electron chi connectivity index (χ3n) is 3.40. The molecule has 5 nitrogen and oxygen atoms in total. The number of rotatable bonds is 2. The van der Waals surface area contributed by atoms with Crippen molar-refractivity contribution in [3.63, 3.8) is 0 Å². The smallest absolute Gasteiger partial charge is 0.269 e. The standard InChI is InChI=1S/C13H17N3O2S/c1-8-5-16(6-9(2)18-8)7-11-14-10-3-4-19-12(10)13(17)15-11/h3-4,8-9H,5-7H2,1-2H3,(H,14,15,17)/p+1/t8-,9+. The van der Waals surface area contributed by atoms with Crippen molar-refractivity contribution in [3.8, 4) is 0 Å². The lowest BCUT2D eigenvalue weighted by atomic mass is 10.2. The molecule has 0 amide bonds. The fraction of sp³-hybridized carbons (Fsp3) is 0.538. The minimum atomic E-state index is -0.0243. The Morgan fingerprint density at radius 3 is 2.95 bits per heavy atom. The first-order chi connectivity index (χ1) is 9.11. The number of hydrogen-bond donors (Lipinski definition) is 2. The van der Waals surface area contributed by atoms with E-state index in [1.54, 1.807) is 0 Å². The van der Waals surface area contributed by atoms with Crippen LogP contribution < -0.4 is 10.5 Å². The second kappa shape index (κ2) is 5.03. The molecule has 1 saturated heterocycles. The minimum absolute atomic E-state index is 0.0243. The Morgan fingerprint density at radius 1 is 1.47 bits per heavy atom. The number of H-pyrrole nitrogens is 1. The Kier molecular flexibility index (Phi) is 3.38. The van der Waals surface area contributed by atoms with Crippen molar-refractivity contribution in [1.82, 2.24) is 9.97 Å². The average molecular weight is 280 g/mol. The third kappa shape index (κ3) is 2.70. The van der Waals surface area contributed by atoms with Gasteiger partial charge >= 0.3 is 0 Å². The van der Waals surface area contributed by atoms with Gasteiger partial charge in [-0.3, -0.25) is 4.79 Å². The number of aromatic amines is 1. The Morgan fingerprint density at radius 2 is 2.21 bits per heavy atom. The summed E-state index contributed by atoms with van der Waals surface area (Å²) in [4.78, 5) is 20.7. The van der Waals surface area contributed by atoms with E-state index in [-0.39, 0.29) is 17.8 Å². The first-order valence-corrected chi connectivity index (χ1v) is 7.45. The fourth-order valence-corrected chi connectivity index (χ4v) is 3.50. The Bertz CT molecular complexity index is 626. The first-order valence-electron chi connectivity index (χ1n) is 6.57. The molecule has 0 aromatic carbocycles. The molecule has 2 N–H and O–H groups in total. The van der Waals surface area contributed by atoms with Crippen LogP contribution in [0.4, 0.5) is 0 Å². The van der Waals surface area contributed by atoms with Gasteiger partial charge in [0.05, 0.1) is 5.52 Å². The summed E-state index contributed by atoms with van der Waals surface area (Å²) in [6, 6.07) is 1.90. The summed E-state index contributed by atoms with van der Waals surface area (Å²) >= 11 is 1.44. The summed E-state index contributed by atoms with van der Waals surface area (Å²) in [6.07, 6.45) is 0.519. The maximum atomic E-state index is 11.9. The van der Waals surface area contributed by atoms with Gasteiger partial charge in [-0.05, 0) is 25.3 Å². The molecule has 6 heteroatoms. The molecule has 1 aliphatic rings. The summed E-state index contributed by atoms with van der Waals surface area (Å²) < 4.78 is 6.43. The molecule has 1 unspecified atom stereocenters. The van der Waals surface area contributed by atoms with Crippen LogP contribution in [-0.4, -0.2) is 35.3 Å². The Labute approximate surface area is 115 Å². The number of fused-ring (bicyclic) bond motifs is 1. The van der Waals surface area contributed by atoms with Crippen LogP contribution in [0.5, 0.6) is 0 Å². The second-order valence-electron chi connectivity index (χ2n) is 5.24. The van der Waals surface area contributed by atoms with Crippen LogP contribution >= 0.6 is 11.3 Å². The van der Waals surface area contributed by atoms with E-state index >= 15 is 0 Å². The minimum Gasteiger partial charge on any atom is -0.364 e. The van der Waals surface area contributed by atoms with Gasteiger partial charge in [0.25, 0.3) is 5.56 Å². The Balaban J connectivity index is 1.83. The lowest BCUT2D eigenvalue weighted by molar-refractivity contribution is -0.928. The van der Waals surface area contributed by atoms with E-state index in [1.807, 2.05) is 11.4 Å². The zero-order chi connectivity index (χ0) is 13.4. The SMILES string of the molecule is C[C@@H]1C[NH+](Cc2nc3ccsc3c(=O)[nH]2)C[C@H](C)O1. The Hall–Kier alpha value is -1.24. The number of nitrogens with zero attached hydrogens (tertiary/aromatic N) is 1. The molecule has 0 aliphatic carbocycles. The van der Waals surface area contributed by atoms with Gasteiger partial charge in [0, 0.05) is 0 Å². The van der Waals surface area contributed by atoms with Gasteiger partial charge in [-0.25, -0.2) is 4.98 Å². The first kappa shape index (κ1) is 12.8. The molecule has 19 heavy (non-hydrogen) atoms. The van der Waals surface area contributed by atoms with E-state index in [2.05, 4.69) is 23.8 Å². The zero-order valence-electron chi connectivity index (χ0n) is 11.1. The maximum absolute atomic E-state index is 11.9. The van der Waals surface area contributed by atoms with Gasteiger partial charge < -0.3 is 14.6 Å². The molecule has 1 aliphatic heterocycles. The highest BCUT2D eigenvalue weighted by atomic mass is 32.1. The molecule has 2 aromatic rings. The molecule has 0 saturated carbocycles. The van der Waals surface area contributed by atoms with E-state index in [1.165, 1.54) is 16.2 Å². The highest BCUT2D eigenvalue weighted by Crippen LogP contribution is 2.13. The topological polar surface area (TPSA) is 59.4 Å². The van der Waals surface area contributed by atoms with E-state index in [4.69, 9.17) is 4.74 Å². The van der Waals surface area contributed by atoms with Crippen LogP contribution in [0, 0.1) is 0 Å². The summed E-state index contributed by atoms with van der Waals surface area (Å²) in [5.74, 6) is 0.771. The van der Waals surface area contributed by atoms with E-state index < -0.39 is 0 Å². The number of hydrogen-bond acceptors (Lipinski definition) is 4. The molecule has 3 rings (SSSR count). The molecule has 0 spiro atoms. The average Bonchev–Trinajstić information content (AvgIpc) is 2.75. The molecule has 2 aromatic heterocycles. The highest BCUT2D eigenvalue weighted by Gasteiger charge is 2.26. The van der Waals surface area contributed by atoms with Gasteiger partial charge in [-0.15, -0.1) is 11.3 Å². The number of quaternary nitrogens is 1. The molecule has 0 radical (unpaired) electrons. The van der Waals surface area contributed by atoms with Gasteiger partial charge in [-0.2, -0.15) is 0 Å². The van der Waals surface area contributed by atoms with Crippen LogP contribution in [0.15, 0.2) is 16.2 Å². The molecule has 3 heterocycles. The van der Waals surface area contributed by atoms with Crippen molar-refractivity contribution in [3.05, 3.63) is 27.6 Å². The van der Waals surface area contributed by atoms with Gasteiger partial charge in [0.1, 0.15) is 36.5 Å². The van der Waals surface area contributed by atoms with E-state index in [0.29, 0.717) is 4.70 Å². The van der Waals surface area contributed by atoms with Crippen molar-refractivity contribution in [2.45, 2.75) is 32.6 Å². The molecular weight excluding hydrogens is 262 g/mol. The molecule has 1 fully saturated rings. The molecule has 0 bridgehead atoms. The van der Waals surface area contributed by atoms with Gasteiger partial charge in [0.2, 0.25) is 0 Å². The van der Waals surface area contributed by atoms with Crippen molar-refractivity contribution in [2.24, 2.45) is 0 Å². The van der Waals surface area contributed by atoms with Crippen LogP contribution in [-0.2, 0) is 11.3 Å². The van der Waals surface area contributed by atoms with Crippen LogP contribution in [0.3, 0.4) is 0 Å². The zero-order valence-corrected chi connectivity index (χ0v) is 11.9. The van der Waals surface area contributed by atoms with Gasteiger partial charge in [-0.1, -0.05) is 0 Å². The third-order valence-corrected chi connectivity index (χ3v) is 4.30. The van der Waals surface area contributed by atoms with Crippen LogP contribution in [0.2, 0.25) is 0 Å². The number of aromatic nitrogens is 2. The van der Waals surface area contributed by atoms with Crippen LogP contribution in [0.25, 0.3) is 10.2 Å². The van der Waals surface area contributed by atoms with Crippen molar-refractivity contribution in [1.29, 1.82) is 0 Å². The van der Waals surface area contributed by atoms with E-state index in [0.717, 1.165) is 31.0 Å². The van der Waals surface area contributed by atoms with Crippen LogP contribution in [0.1, 0.15) is 19.7 Å². The summed E-state index contributed by atoms with van der Waals surface area (Å²) in [7, 11) is 0. The lowest BCUT2D eigenvalue weighted by Crippen LogP contribution is -3.14. The van der Waals surface area contributed by atoms with E-state index in [9.17, 15) is 4.79 Å². The summed E-state index contributed by atoms with van der Waals surface area (Å²) in [5, 5.41) is 1.91. The number of nitrogens with one attached hydrogen (secondary N) is 2. The fourth-order valence-electron chi connectivity index (χ4n) is 2.78. The summed E-state index contributed by atoms with van der Waals surface area (Å²) in [6.45, 7) is 6.84. The summed E-state index contributed by atoms with van der Waals surface area (Å²) in [5.41, 5.74) is 0.779. The molecular formula is C13H18N3O2S+. The van der Waals surface area contributed by atoms with Gasteiger partial charge in [0.15, 0.2) is 5.82 Å². The lowest BCUT2D eigenvalue weighted by Gasteiger charge is -2.32. The number of morpholine rings is 1. The predicted molar refractivity (Wildman–Crippen MR) is 74.7 cm³/mol. The van der Waals surface area contributed by atoms with Crippen molar-refractivity contribution in [2.75, 3.05) is 13.1 Å². The molecule has 102 valence electrons.